The molecule has 1 aromatic rings. The van der Waals surface area contributed by atoms with Crippen LogP contribution in [-0.4, -0.2) is 22.9 Å². The molecule has 0 bridgehead atoms. The van der Waals surface area contributed by atoms with E-state index in [2.05, 4.69) is 25.9 Å². The minimum atomic E-state index is 0.00940. The quantitative estimate of drug-likeness (QED) is 0.742. The molecule has 0 radical (unpaired) electrons. The minimum Gasteiger partial charge on any atom is -0.490 e. The smallest absolute Gasteiger partial charge is 0.157 e. The predicted octanol–water partition coefficient (Wildman–Crippen LogP) is 1.37. The fourth-order valence-electron chi connectivity index (χ4n) is 1.02. The van der Waals surface area contributed by atoms with Gasteiger partial charge in [-0.1, -0.05) is 0 Å². The van der Waals surface area contributed by atoms with Crippen LogP contribution in [0.1, 0.15) is 27.2 Å². The van der Waals surface area contributed by atoms with Crippen molar-refractivity contribution in [2.45, 2.75) is 32.7 Å². The zero-order valence-corrected chi connectivity index (χ0v) is 9.16. The van der Waals surface area contributed by atoms with Gasteiger partial charge >= 0.3 is 0 Å². The summed E-state index contributed by atoms with van der Waals surface area (Å²) in [5.41, 5.74) is 5.38. The van der Waals surface area contributed by atoms with Gasteiger partial charge in [0.05, 0.1) is 24.5 Å². The molecule has 0 aliphatic carbocycles. The van der Waals surface area contributed by atoms with Gasteiger partial charge in [-0.3, -0.25) is 4.68 Å². The van der Waals surface area contributed by atoms with Crippen molar-refractivity contribution < 1.29 is 4.74 Å². The van der Waals surface area contributed by atoms with E-state index in [1.165, 1.54) is 0 Å². The third kappa shape index (κ3) is 3.03. The number of ether oxygens (including phenoxy) is 1. The van der Waals surface area contributed by atoms with Crippen molar-refractivity contribution in [3.8, 4) is 5.75 Å². The SMILES string of the molecule is CC(C)(C)n1cc(OCCCN)cn1. The third-order valence-electron chi connectivity index (χ3n) is 1.86. The van der Waals surface area contributed by atoms with Gasteiger partial charge in [-0.2, -0.15) is 5.10 Å². The largest absolute Gasteiger partial charge is 0.490 e. The van der Waals surface area contributed by atoms with Crippen LogP contribution in [0.15, 0.2) is 12.4 Å². The number of nitrogens with zero attached hydrogens (tertiary/aromatic N) is 2. The van der Waals surface area contributed by atoms with Crippen LogP contribution in [0.2, 0.25) is 0 Å². The highest BCUT2D eigenvalue weighted by Crippen LogP contribution is 2.17. The summed E-state index contributed by atoms with van der Waals surface area (Å²) in [5.74, 6) is 0.813. The molecule has 0 amide bonds. The van der Waals surface area contributed by atoms with Crippen LogP contribution in [0.25, 0.3) is 0 Å². The van der Waals surface area contributed by atoms with Crippen molar-refractivity contribution >= 4 is 0 Å². The average Bonchev–Trinajstić information content (AvgIpc) is 2.52. The van der Waals surface area contributed by atoms with Crippen LogP contribution in [0.3, 0.4) is 0 Å². The first-order valence-electron chi connectivity index (χ1n) is 4.92. The van der Waals surface area contributed by atoms with E-state index in [9.17, 15) is 0 Å². The van der Waals surface area contributed by atoms with Crippen LogP contribution in [0.5, 0.6) is 5.75 Å². The first-order chi connectivity index (χ1) is 6.54. The Labute approximate surface area is 85.0 Å². The zero-order valence-electron chi connectivity index (χ0n) is 9.16. The van der Waals surface area contributed by atoms with Crippen molar-refractivity contribution in [1.82, 2.24) is 9.78 Å². The molecule has 0 spiro atoms. The van der Waals surface area contributed by atoms with E-state index in [4.69, 9.17) is 10.5 Å². The maximum Gasteiger partial charge on any atom is 0.157 e. The highest BCUT2D eigenvalue weighted by molar-refractivity contribution is 5.12. The molecule has 4 heteroatoms. The van der Waals surface area contributed by atoms with E-state index >= 15 is 0 Å². The van der Waals surface area contributed by atoms with Gasteiger partial charge in [-0.15, -0.1) is 0 Å². The van der Waals surface area contributed by atoms with Gasteiger partial charge in [0.25, 0.3) is 0 Å². The summed E-state index contributed by atoms with van der Waals surface area (Å²) in [7, 11) is 0. The van der Waals surface area contributed by atoms with Crippen LogP contribution in [-0.2, 0) is 5.54 Å². The molecule has 0 aliphatic rings. The predicted molar refractivity (Wildman–Crippen MR) is 56.4 cm³/mol. The van der Waals surface area contributed by atoms with E-state index in [1.807, 2.05) is 10.9 Å². The van der Waals surface area contributed by atoms with E-state index < -0.39 is 0 Å². The Bertz CT molecular complexity index is 275. The van der Waals surface area contributed by atoms with Crippen molar-refractivity contribution in [3.63, 3.8) is 0 Å². The summed E-state index contributed by atoms with van der Waals surface area (Å²) in [4.78, 5) is 0. The normalized spacial score (nSPS) is 11.7. The topological polar surface area (TPSA) is 53.1 Å². The van der Waals surface area contributed by atoms with Gasteiger partial charge in [0, 0.05) is 0 Å². The Balaban J connectivity index is 2.51. The maximum absolute atomic E-state index is 5.46. The summed E-state index contributed by atoms with van der Waals surface area (Å²) in [6.45, 7) is 7.62. The minimum absolute atomic E-state index is 0.00940. The molecule has 14 heavy (non-hydrogen) atoms. The molecule has 0 aliphatic heterocycles. The second-order valence-corrected chi connectivity index (χ2v) is 4.28. The molecule has 4 nitrogen and oxygen atoms in total. The Morgan fingerprint density at radius 2 is 2.21 bits per heavy atom. The lowest BCUT2D eigenvalue weighted by Crippen LogP contribution is -2.21. The highest BCUT2D eigenvalue weighted by Gasteiger charge is 2.13. The first-order valence-corrected chi connectivity index (χ1v) is 4.92. The number of hydrogen-bond donors (Lipinski definition) is 1. The Kier molecular flexibility index (Phi) is 3.52. The molecule has 0 aromatic carbocycles. The molecule has 0 atom stereocenters. The molecule has 1 aromatic heterocycles. The summed E-state index contributed by atoms with van der Waals surface area (Å²) < 4.78 is 7.35. The summed E-state index contributed by atoms with van der Waals surface area (Å²) in [5, 5.41) is 4.23. The second-order valence-electron chi connectivity index (χ2n) is 4.28. The molecule has 80 valence electrons. The fraction of sp³-hybridized carbons (Fsp3) is 0.700. The molecule has 1 rings (SSSR count). The lowest BCUT2D eigenvalue weighted by molar-refractivity contribution is 0.309. The maximum atomic E-state index is 5.46. The Morgan fingerprint density at radius 3 is 2.71 bits per heavy atom. The third-order valence-corrected chi connectivity index (χ3v) is 1.86. The molecule has 0 unspecified atom stereocenters. The molecule has 0 saturated heterocycles. The lowest BCUT2D eigenvalue weighted by Gasteiger charge is -2.18. The summed E-state index contributed by atoms with van der Waals surface area (Å²) in [6.07, 6.45) is 4.53. The van der Waals surface area contributed by atoms with Crippen molar-refractivity contribution in [2.75, 3.05) is 13.2 Å². The van der Waals surface area contributed by atoms with E-state index in [0.717, 1.165) is 12.2 Å². The Hall–Kier alpha value is -1.03. The molecular weight excluding hydrogens is 178 g/mol. The van der Waals surface area contributed by atoms with Crippen LogP contribution in [0.4, 0.5) is 0 Å². The van der Waals surface area contributed by atoms with Crippen molar-refractivity contribution in [2.24, 2.45) is 5.73 Å². The highest BCUT2D eigenvalue weighted by atomic mass is 16.5. The van der Waals surface area contributed by atoms with Gasteiger partial charge in [0.1, 0.15) is 0 Å². The average molecular weight is 197 g/mol. The summed E-state index contributed by atoms with van der Waals surface area (Å²) in [6, 6.07) is 0. The fourth-order valence-corrected chi connectivity index (χ4v) is 1.02. The van der Waals surface area contributed by atoms with Crippen LogP contribution >= 0.6 is 0 Å². The number of nitrogens with two attached hydrogens (primary N) is 1. The molecule has 0 fully saturated rings. The first kappa shape index (κ1) is 11.0. The molecule has 1 heterocycles. The van der Waals surface area contributed by atoms with Gasteiger partial charge in [0.15, 0.2) is 5.75 Å². The molecular formula is C10H19N3O. The summed E-state index contributed by atoms with van der Waals surface area (Å²) >= 11 is 0. The van der Waals surface area contributed by atoms with E-state index in [-0.39, 0.29) is 5.54 Å². The van der Waals surface area contributed by atoms with Gasteiger partial charge in [-0.25, -0.2) is 0 Å². The van der Waals surface area contributed by atoms with Gasteiger partial charge in [-0.05, 0) is 33.7 Å². The standard InChI is InChI=1S/C10H19N3O/c1-10(2,3)13-8-9(7-12-13)14-6-4-5-11/h7-8H,4-6,11H2,1-3H3. The van der Waals surface area contributed by atoms with Crippen molar-refractivity contribution in [1.29, 1.82) is 0 Å². The molecule has 0 saturated carbocycles. The number of hydrogen-bond acceptors (Lipinski definition) is 3. The van der Waals surface area contributed by atoms with Gasteiger partial charge in [0.2, 0.25) is 0 Å². The molecule has 2 N–H and O–H groups in total. The number of aromatic nitrogens is 2. The van der Waals surface area contributed by atoms with Gasteiger partial charge < -0.3 is 10.5 Å². The van der Waals surface area contributed by atoms with Crippen molar-refractivity contribution in [3.05, 3.63) is 12.4 Å². The lowest BCUT2D eigenvalue weighted by atomic mass is 10.1. The van der Waals surface area contributed by atoms with E-state index in [0.29, 0.717) is 13.2 Å². The van der Waals surface area contributed by atoms with Crippen LogP contribution < -0.4 is 10.5 Å². The second kappa shape index (κ2) is 4.46. The monoisotopic (exact) mass is 197 g/mol. The zero-order chi connectivity index (χ0) is 10.6. The van der Waals surface area contributed by atoms with E-state index in [1.54, 1.807) is 6.20 Å². The Morgan fingerprint density at radius 1 is 1.50 bits per heavy atom. The number of rotatable bonds is 4. The van der Waals surface area contributed by atoms with Crippen LogP contribution in [0, 0.1) is 0 Å².